The van der Waals surface area contributed by atoms with Crippen LogP contribution in [0.2, 0.25) is 10.0 Å². The first-order valence-corrected chi connectivity index (χ1v) is 12.3. The fourth-order valence-electron chi connectivity index (χ4n) is 4.37. The summed E-state index contributed by atoms with van der Waals surface area (Å²) in [5, 5.41) is 5.02. The third-order valence-corrected chi connectivity index (χ3v) is 6.70. The summed E-state index contributed by atoms with van der Waals surface area (Å²) < 4.78 is 0. The average molecular weight is 489 g/mol. The summed E-state index contributed by atoms with van der Waals surface area (Å²) in [6, 6.07) is 26.5. The summed E-state index contributed by atoms with van der Waals surface area (Å²) in [5.74, 6) is 0.796. The predicted octanol–water partition coefficient (Wildman–Crippen LogP) is 7.19. The Morgan fingerprint density at radius 2 is 1.35 bits per heavy atom. The van der Waals surface area contributed by atoms with Crippen LogP contribution in [-0.4, -0.2) is 34.0 Å². The first kappa shape index (κ1) is 22.9. The second-order valence-electron chi connectivity index (χ2n) is 8.65. The second kappa shape index (κ2) is 10.6. The molecule has 4 aromatic rings. The molecule has 0 atom stereocenters. The minimum Gasteiger partial charge on any atom is -0.366 e. The van der Waals surface area contributed by atoms with Crippen molar-refractivity contribution in [1.82, 2.24) is 14.9 Å². The van der Waals surface area contributed by atoms with Gasteiger partial charge in [0, 0.05) is 46.8 Å². The largest absolute Gasteiger partial charge is 0.366 e. The molecule has 3 aromatic carbocycles. The summed E-state index contributed by atoms with van der Waals surface area (Å²) in [6.45, 7) is 3.13. The lowest BCUT2D eigenvalue weighted by molar-refractivity contribution is 0.211. The lowest BCUT2D eigenvalue weighted by Gasteiger charge is -2.32. The van der Waals surface area contributed by atoms with Crippen LogP contribution in [0, 0.1) is 0 Å². The summed E-state index contributed by atoms with van der Waals surface area (Å²) >= 11 is 12.2. The van der Waals surface area contributed by atoms with E-state index in [1.165, 1.54) is 5.56 Å². The monoisotopic (exact) mass is 488 g/mol. The van der Waals surface area contributed by atoms with Crippen LogP contribution in [0.1, 0.15) is 18.4 Å². The molecule has 0 radical (unpaired) electrons. The Morgan fingerprint density at radius 3 is 1.97 bits per heavy atom. The van der Waals surface area contributed by atoms with Crippen molar-refractivity contribution < 1.29 is 0 Å². The quantitative estimate of drug-likeness (QED) is 0.311. The van der Waals surface area contributed by atoms with Gasteiger partial charge < -0.3 is 5.32 Å². The minimum absolute atomic E-state index is 0.376. The lowest BCUT2D eigenvalue weighted by Crippen LogP contribution is -2.38. The molecule has 0 amide bonds. The van der Waals surface area contributed by atoms with Gasteiger partial charge in [0.15, 0.2) is 0 Å². The molecule has 5 rings (SSSR count). The Morgan fingerprint density at radius 1 is 0.765 bits per heavy atom. The number of rotatable bonds is 6. The van der Waals surface area contributed by atoms with E-state index in [9.17, 15) is 0 Å². The lowest BCUT2D eigenvalue weighted by atomic mass is 10.0. The molecule has 0 aliphatic carbocycles. The van der Waals surface area contributed by atoms with Crippen LogP contribution in [0.3, 0.4) is 0 Å². The van der Waals surface area contributed by atoms with Crippen LogP contribution in [0.15, 0.2) is 85.1 Å². The van der Waals surface area contributed by atoms with Crippen LogP contribution >= 0.6 is 23.2 Å². The van der Waals surface area contributed by atoms with Gasteiger partial charge in [0.25, 0.3) is 0 Å². The molecule has 4 nitrogen and oxygen atoms in total. The van der Waals surface area contributed by atoms with Gasteiger partial charge >= 0.3 is 0 Å². The number of nitrogens with one attached hydrogen (secondary N) is 1. The van der Waals surface area contributed by atoms with Crippen LogP contribution in [-0.2, 0) is 6.54 Å². The zero-order valence-electron chi connectivity index (χ0n) is 18.8. The molecule has 0 bridgehead atoms. The fourth-order valence-corrected chi connectivity index (χ4v) is 4.62. The van der Waals surface area contributed by atoms with Gasteiger partial charge in [-0.05, 0) is 42.7 Å². The molecule has 172 valence electrons. The van der Waals surface area contributed by atoms with Crippen LogP contribution < -0.4 is 5.32 Å². The Labute approximate surface area is 210 Å². The van der Waals surface area contributed by atoms with E-state index < -0.39 is 0 Å². The molecule has 0 spiro atoms. The molecule has 6 heteroatoms. The van der Waals surface area contributed by atoms with E-state index in [4.69, 9.17) is 33.2 Å². The van der Waals surface area contributed by atoms with Gasteiger partial charge in [-0.15, -0.1) is 0 Å². The van der Waals surface area contributed by atoms with Crippen LogP contribution in [0.4, 0.5) is 5.82 Å². The smallest absolute Gasteiger partial charge is 0.145 e. The standard InChI is InChI=1S/C28H26Cl2N4/c29-23-10-6-21(7-11-23)27-28(22-8-12-24(30)13-9-22)33-26(18-31-27)32-25-14-16-34(17-15-25)19-20-4-2-1-3-5-20/h1-13,18,25H,14-17,19H2,(H,32,33). The van der Waals surface area contributed by atoms with Crippen molar-refractivity contribution in [3.05, 3.63) is 101 Å². The number of benzene rings is 3. The molecular formula is C28H26Cl2N4. The maximum atomic E-state index is 6.13. The van der Waals surface area contributed by atoms with Gasteiger partial charge in [0.2, 0.25) is 0 Å². The number of likely N-dealkylation sites (tertiary alicyclic amines) is 1. The van der Waals surface area contributed by atoms with Crippen molar-refractivity contribution >= 4 is 29.0 Å². The average Bonchev–Trinajstić information content (AvgIpc) is 2.87. The molecule has 1 aliphatic rings. The number of hydrogen-bond acceptors (Lipinski definition) is 4. The molecule has 2 heterocycles. The van der Waals surface area contributed by atoms with Crippen LogP contribution in [0.5, 0.6) is 0 Å². The van der Waals surface area contributed by atoms with Gasteiger partial charge in [0.1, 0.15) is 5.82 Å². The molecule has 1 aliphatic heterocycles. The Hall–Kier alpha value is -2.92. The highest BCUT2D eigenvalue weighted by atomic mass is 35.5. The van der Waals surface area contributed by atoms with E-state index in [0.717, 1.165) is 60.8 Å². The summed E-state index contributed by atoms with van der Waals surface area (Å²) in [7, 11) is 0. The first-order chi connectivity index (χ1) is 16.6. The van der Waals surface area contributed by atoms with Crippen molar-refractivity contribution in [3.63, 3.8) is 0 Å². The van der Waals surface area contributed by atoms with Gasteiger partial charge in [-0.2, -0.15) is 0 Å². The number of halogens is 2. The first-order valence-electron chi connectivity index (χ1n) is 11.6. The molecular weight excluding hydrogens is 463 g/mol. The van der Waals surface area contributed by atoms with E-state index in [-0.39, 0.29) is 0 Å². The minimum atomic E-state index is 0.376. The number of nitrogens with zero attached hydrogens (tertiary/aromatic N) is 3. The Kier molecular flexibility index (Phi) is 7.10. The third kappa shape index (κ3) is 5.58. The van der Waals surface area contributed by atoms with Gasteiger partial charge in [0.05, 0.1) is 17.6 Å². The fraction of sp³-hybridized carbons (Fsp3) is 0.214. The number of hydrogen-bond donors (Lipinski definition) is 1. The molecule has 0 unspecified atom stereocenters. The summed E-state index contributed by atoms with van der Waals surface area (Å²) in [4.78, 5) is 12.3. The maximum absolute atomic E-state index is 6.13. The third-order valence-electron chi connectivity index (χ3n) is 6.20. The van der Waals surface area contributed by atoms with E-state index in [0.29, 0.717) is 16.1 Å². The van der Waals surface area contributed by atoms with Gasteiger partial charge in [-0.25, -0.2) is 4.98 Å². The van der Waals surface area contributed by atoms with Crippen molar-refractivity contribution in [2.24, 2.45) is 0 Å². The van der Waals surface area contributed by atoms with Crippen LogP contribution in [0.25, 0.3) is 22.5 Å². The van der Waals surface area contributed by atoms with E-state index in [1.807, 2.05) is 54.7 Å². The number of piperidine rings is 1. The van der Waals surface area contributed by atoms with Crippen molar-refractivity contribution in [2.45, 2.75) is 25.4 Å². The molecule has 1 N–H and O–H groups in total. The van der Waals surface area contributed by atoms with Crippen molar-refractivity contribution in [1.29, 1.82) is 0 Å². The van der Waals surface area contributed by atoms with Gasteiger partial charge in [-0.3, -0.25) is 9.88 Å². The summed E-state index contributed by atoms with van der Waals surface area (Å²) in [5.41, 5.74) is 4.96. The zero-order chi connectivity index (χ0) is 23.3. The highest BCUT2D eigenvalue weighted by molar-refractivity contribution is 6.31. The number of aromatic nitrogens is 2. The van der Waals surface area contributed by atoms with Crippen molar-refractivity contribution in [2.75, 3.05) is 18.4 Å². The highest BCUT2D eigenvalue weighted by Gasteiger charge is 2.20. The number of anilines is 1. The normalized spacial score (nSPS) is 14.8. The van der Waals surface area contributed by atoms with E-state index in [1.54, 1.807) is 0 Å². The van der Waals surface area contributed by atoms with Crippen molar-refractivity contribution in [3.8, 4) is 22.5 Å². The van der Waals surface area contributed by atoms with E-state index >= 15 is 0 Å². The highest BCUT2D eigenvalue weighted by Crippen LogP contribution is 2.31. The predicted molar refractivity (Wildman–Crippen MR) is 141 cm³/mol. The molecule has 1 saturated heterocycles. The topological polar surface area (TPSA) is 41.1 Å². The van der Waals surface area contributed by atoms with E-state index in [2.05, 4.69) is 40.5 Å². The summed E-state index contributed by atoms with van der Waals surface area (Å²) in [6.07, 6.45) is 3.98. The molecule has 34 heavy (non-hydrogen) atoms. The molecule has 1 fully saturated rings. The Bertz CT molecular complexity index is 1220. The molecule has 1 aromatic heterocycles. The Balaban J connectivity index is 1.33. The molecule has 0 saturated carbocycles. The van der Waals surface area contributed by atoms with Gasteiger partial charge in [-0.1, -0.05) is 77.8 Å². The zero-order valence-corrected chi connectivity index (χ0v) is 20.3. The SMILES string of the molecule is Clc1ccc(-c2ncc(NC3CCN(Cc4ccccc4)CC3)nc2-c2ccc(Cl)cc2)cc1. The maximum Gasteiger partial charge on any atom is 0.145 e. The second-order valence-corrected chi connectivity index (χ2v) is 9.52.